The van der Waals surface area contributed by atoms with Gasteiger partial charge in [-0.3, -0.25) is 0 Å². The maximum Gasteiger partial charge on any atom is 0.0463 e. The molecular formula is C30H21NS. The van der Waals surface area contributed by atoms with Crippen LogP contribution in [0, 0.1) is 0 Å². The molecule has 2 heteroatoms. The van der Waals surface area contributed by atoms with Crippen LogP contribution in [0.25, 0.3) is 42.4 Å². The lowest BCUT2D eigenvalue weighted by Gasteiger charge is -2.14. The Balaban J connectivity index is 1.44. The van der Waals surface area contributed by atoms with E-state index in [1.807, 2.05) is 11.3 Å². The summed E-state index contributed by atoms with van der Waals surface area (Å²) in [6.45, 7) is 0. The van der Waals surface area contributed by atoms with E-state index < -0.39 is 0 Å². The minimum atomic E-state index is 1.09. The summed E-state index contributed by atoms with van der Waals surface area (Å²) in [7, 11) is 0. The average Bonchev–Trinajstić information content (AvgIpc) is 3.24. The molecule has 5 aromatic carbocycles. The third-order valence-electron chi connectivity index (χ3n) is 5.87. The van der Waals surface area contributed by atoms with Gasteiger partial charge in [0.05, 0.1) is 0 Å². The molecule has 0 fully saturated rings. The van der Waals surface area contributed by atoms with Gasteiger partial charge in [0.1, 0.15) is 0 Å². The number of thiophene rings is 1. The first-order valence-corrected chi connectivity index (χ1v) is 11.6. The van der Waals surface area contributed by atoms with Crippen LogP contribution < -0.4 is 5.32 Å². The summed E-state index contributed by atoms with van der Waals surface area (Å²) < 4.78 is 2.66. The van der Waals surface area contributed by atoms with Crippen LogP contribution in [-0.2, 0) is 0 Å². The molecule has 6 aromatic rings. The van der Waals surface area contributed by atoms with Gasteiger partial charge in [-0.05, 0) is 47.0 Å². The van der Waals surface area contributed by atoms with Crippen molar-refractivity contribution in [2.45, 2.75) is 0 Å². The Morgan fingerprint density at radius 2 is 1.19 bits per heavy atom. The molecule has 0 unspecified atom stereocenters. The standard InChI is InChI=1S/C30H21NS/c1-2-10-21(11-3-1)24-14-4-6-17-27(24)31-23-13-8-12-22(20-23)25-16-9-19-29-30(25)26-15-5-7-18-28(26)32-29/h1-20,31H. The summed E-state index contributed by atoms with van der Waals surface area (Å²) in [5, 5.41) is 6.33. The van der Waals surface area contributed by atoms with Gasteiger partial charge in [-0.2, -0.15) is 0 Å². The van der Waals surface area contributed by atoms with Crippen molar-refractivity contribution < 1.29 is 0 Å². The molecule has 0 saturated heterocycles. The highest BCUT2D eigenvalue weighted by Gasteiger charge is 2.11. The minimum Gasteiger partial charge on any atom is -0.355 e. The second-order valence-corrected chi connectivity index (χ2v) is 8.98. The van der Waals surface area contributed by atoms with E-state index in [-0.39, 0.29) is 0 Å². The second kappa shape index (κ2) is 7.99. The highest BCUT2D eigenvalue weighted by Crippen LogP contribution is 2.40. The van der Waals surface area contributed by atoms with Crippen LogP contribution in [0.2, 0.25) is 0 Å². The Hall–Kier alpha value is -3.88. The van der Waals surface area contributed by atoms with E-state index in [2.05, 4.69) is 127 Å². The van der Waals surface area contributed by atoms with Crippen LogP contribution in [-0.4, -0.2) is 0 Å². The second-order valence-electron chi connectivity index (χ2n) is 7.89. The van der Waals surface area contributed by atoms with Gasteiger partial charge >= 0.3 is 0 Å². The first kappa shape index (κ1) is 18.9. The van der Waals surface area contributed by atoms with E-state index in [1.54, 1.807) is 0 Å². The molecule has 0 radical (unpaired) electrons. The maximum atomic E-state index is 3.66. The molecule has 0 bridgehead atoms. The SMILES string of the molecule is c1ccc(-c2ccccc2Nc2cccc(-c3cccc4sc5ccccc5c34)c2)cc1. The van der Waals surface area contributed by atoms with Crippen LogP contribution in [0.5, 0.6) is 0 Å². The number of rotatable bonds is 4. The summed E-state index contributed by atoms with van der Waals surface area (Å²) in [6.07, 6.45) is 0. The van der Waals surface area contributed by atoms with E-state index >= 15 is 0 Å². The maximum absolute atomic E-state index is 3.66. The number of fused-ring (bicyclic) bond motifs is 3. The summed E-state index contributed by atoms with van der Waals surface area (Å²) in [4.78, 5) is 0. The van der Waals surface area contributed by atoms with Crippen LogP contribution in [0.1, 0.15) is 0 Å². The zero-order chi connectivity index (χ0) is 21.3. The molecule has 0 amide bonds. The van der Waals surface area contributed by atoms with Gasteiger partial charge in [0.25, 0.3) is 0 Å². The highest BCUT2D eigenvalue weighted by atomic mass is 32.1. The zero-order valence-electron chi connectivity index (χ0n) is 17.5. The van der Waals surface area contributed by atoms with E-state index in [4.69, 9.17) is 0 Å². The van der Waals surface area contributed by atoms with Gasteiger partial charge in [0, 0.05) is 37.1 Å². The van der Waals surface area contributed by atoms with Crippen LogP contribution in [0.4, 0.5) is 11.4 Å². The number of nitrogens with one attached hydrogen (secondary N) is 1. The summed E-state index contributed by atoms with van der Waals surface area (Å²) in [6, 6.07) is 43.0. The highest BCUT2D eigenvalue weighted by molar-refractivity contribution is 7.25. The van der Waals surface area contributed by atoms with Crippen molar-refractivity contribution >= 4 is 42.9 Å². The first-order chi connectivity index (χ1) is 15.9. The van der Waals surface area contributed by atoms with Gasteiger partial charge in [0.15, 0.2) is 0 Å². The lowest BCUT2D eigenvalue weighted by Crippen LogP contribution is -1.93. The molecule has 6 rings (SSSR count). The topological polar surface area (TPSA) is 12.0 Å². The van der Waals surface area contributed by atoms with Crippen molar-refractivity contribution in [2.75, 3.05) is 5.32 Å². The Bertz CT molecular complexity index is 1550. The molecule has 1 heterocycles. The van der Waals surface area contributed by atoms with Crippen LogP contribution in [0.15, 0.2) is 121 Å². The van der Waals surface area contributed by atoms with Crippen molar-refractivity contribution in [1.29, 1.82) is 0 Å². The first-order valence-electron chi connectivity index (χ1n) is 10.8. The number of anilines is 2. The van der Waals surface area contributed by atoms with Crippen LogP contribution in [0.3, 0.4) is 0 Å². The van der Waals surface area contributed by atoms with E-state index in [9.17, 15) is 0 Å². The fraction of sp³-hybridized carbons (Fsp3) is 0. The van der Waals surface area contributed by atoms with Gasteiger partial charge in [-0.1, -0.05) is 91.0 Å². The molecule has 0 saturated carbocycles. The van der Waals surface area contributed by atoms with Crippen LogP contribution >= 0.6 is 11.3 Å². The summed E-state index contributed by atoms with van der Waals surface area (Å²) >= 11 is 1.86. The molecule has 1 nitrogen and oxygen atoms in total. The molecule has 32 heavy (non-hydrogen) atoms. The predicted molar refractivity (Wildman–Crippen MR) is 140 cm³/mol. The molecule has 0 aliphatic heterocycles. The lowest BCUT2D eigenvalue weighted by molar-refractivity contribution is 1.53. The largest absolute Gasteiger partial charge is 0.355 e. The number of benzene rings is 5. The quantitative estimate of drug-likeness (QED) is 0.296. The average molecular weight is 428 g/mol. The van der Waals surface area contributed by atoms with Crippen molar-refractivity contribution in [3.63, 3.8) is 0 Å². The Morgan fingerprint density at radius 1 is 0.500 bits per heavy atom. The predicted octanol–water partition coefficient (Wildman–Crippen LogP) is 9.13. The van der Waals surface area contributed by atoms with E-state index in [1.165, 1.54) is 42.4 Å². The van der Waals surface area contributed by atoms with Gasteiger partial charge < -0.3 is 5.32 Å². The Morgan fingerprint density at radius 3 is 2.12 bits per heavy atom. The molecule has 1 aromatic heterocycles. The minimum absolute atomic E-state index is 1.09. The molecule has 0 aliphatic carbocycles. The fourth-order valence-corrected chi connectivity index (χ4v) is 5.53. The van der Waals surface area contributed by atoms with Gasteiger partial charge in [-0.15, -0.1) is 11.3 Å². The molecular weight excluding hydrogens is 406 g/mol. The smallest absolute Gasteiger partial charge is 0.0463 e. The Kier molecular flexibility index (Phi) is 4.71. The lowest BCUT2D eigenvalue weighted by atomic mass is 9.99. The van der Waals surface area contributed by atoms with Gasteiger partial charge in [-0.25, -0.2) is 0 Å². The molecule has 0 aliphatic rings. The van der Waals surface area contributed by atoms with Gasteiger partial charge in [0.2, 0.25) is 0 Å². The monoisotopic (exact) mass is 427 g/mol. The zero-order valence-corrected chi connectivity index (χ0v) is 18.3. The Labute approximate surface area is 191 Å². The molecule has 0 spiro atoms. The summed E-state index contributed by atoms with van der Waals surface area (Å²) in [5.74, 6) is 0. The van der Waals surface area contributed by atoms with Crippen molar-refractivity contribution in [3.05, 3.63) is 121 Å². The molecule has 1 N–H and O–H groups in total. The van der Waals surface area contributed by atoms with Crippen molar-refractivity contribution in [3.8, 4) is 22.3 Å². The van der Waals surface area contributed by atoms with E-state index in [0.717, 1.165) is 11.4 Å². The van der Waals surface area contributed by atoms with Crippen molar-refractivity contribution in [2.24, 2.45) is 0 Å². The molecule has 152 valence electrons. The molecule has 0 atom stereocenters. The van der Waals surface area contributed by atoms with E-state index in [0.29, 0.717) is 0 Å². The normalized spacial score (nSPS) is 11.1. The number of hydrogen-bond acceptors (Lipinski definition) is 2. The fourth-order valence-electron chi connectivity index (χ4n) is 4.40. The number of hydrogen-bond donors (Lipinski definition) is 1. The summed E-state index contributed by atoms with van der Waals surface area (Å²) in [5.41, 5.74) is 7.10. The third kappa shape index (κ3) is 3.35. The number of para-hydroxylation sites is 1. The third-order valence-corrected chi connectivity index (χ3v) is 7.00. The van der Waals surface area contributed by atoms with Crippen molar-refractivity contribution in [1.82, 2.24) is 0 Å².